The smallest absolute Gasteiger partial charge is 0.309 e. The van der Waals surface area contributed by atoms with Gasteiger partial charge in [-0.1, -0.05) is 5.57 Å². The Labute approximate surface area is 63.5 Å². The Morgan fingerprint density at radius 2 is 2.00 bits per heavy atom. The van der Waals surface area contributed by atoms with E-state index in [1.165, 1.54) is 13.8 Å². The molecule has 0 aliphatic heterocycles. The standard InChI is InChI=1S/C7H10F2O2/c1-5(2)3-7(8,9)4-6(10)11/h3H,4H2,1-2H3,(H,10,11). The van der Waals surface area contributed by atoms with Gasteiger partial charge in [0.05, 0.1) is 0 Å². The SMILES string of the molecule is CC(C)=CC(F)(F)CC(=O)O. The number of allylic oxidation sites excluding steroid dienone is 2. The van der Waals surface area contributed by atoms with Crippen molar-refractivity contribution < 1.29 is 18.7 Å². The van der Waals surface area contributed by atoms with E-state index in [-0.39, 0.29) is 0 Å². The third-order valence-corrected chi connectivity index (χ3v) is 0.887. The average Bonchev–Trinajstić information content (AvgIpc) is 1.53. The first-order valence-corrected chi connectivity index (χ1v) is 3.09. The lowest BCUT2D eigenvalue weighted by atomic mass is 10.2. The van der Waals surface area contributed by atoms with Crippen molar-refractivity contribution >= 4 is 5.97 Å². The molecule has 0 saturated carbocycles. The third-order valence-electron chi connectivity index (χ3n) is 0.887. The average molecular weight is 164 g/mol. The van der Waals surface area contributed by atoms with Crippen LogP contribution in [0.25, 0.3) is 0 Å². The maximum absolute atomic E-state index is 12.5. The first kappa shape index (κ1) is 10.1. The lowest BCUT2D eigenvalue weighted by molar-refractivity contribution is -0.142. The molecular formula is C7H10F2O2. The van der Waals surface area contributed by atoms with Crippen LogP contribution in [-0.2, 0) is 4.79 Å². The molecule has 0 aliphatic rings. The lowest BCUT2D eigenvalue weighted by Gasteiger charge is -2.08. The molecule has 0 fully saturated rings. The van der Waals surface area contributed by atoms with Crippen LogP contribution in [-0.4, -0.2) is 17.0 Å². The molecule has 0 unspecified atom stereocenters. The topological polar surface area (TPSA) is 37.3 Å². The Kier molecular flexibility index (Phi) is 3.17. The maximum Gasteiger partial charge on any atom is 0.309 e. The van der Waals surface area contributed by atoms with Crippen molar-refractivity contribution in [3.8, 4) is 0 Å². The predicted molar refractivity (Wildman–Crippen MR) is 36.6 cm³/mol. The summed E-state index contributed by atoms with van der Waals surface area (Å²) in [7, 11) is 0. The summed E-state index contributed by atoms with van der Waals surface area (Å²) in [4.78, 5) is 9.89. The number of carboxylic acid groups (broad SMARTS) is 1. The zero-order valence-corrected chi connectivity index (χ0v) is 6.40. The van der Waals surface area contributed by atoms with Crippen LogP contribution in [0.2, 0.25) is 0 Å². The van der Waals surface area contributed by atoms with Gasteiger partial charge in [0.2, 0.25) is 0 Å². The fraction of sp³-hybridized carbons (Fsp3) is 0.571. The Morgan fingerprint density at radius 1 is 1.55 bits per heavy atom. The second kappa shape index (κ2) is 3.46. The molecule has 0 aliphatic carbocycles. The van der Waals surface area contributed by atoms with E-state index in [9.17, 15) is 13.6 Å². The van der Waals surface area contributed by atoms with Crippen LogP contribution < -0.4 is 0 Å². The minimum Gasteiger partial charge on any atom is -0.481 e. The van der Waals surface area contributed by atoms with Gasteiger partial charge in [-0.25, -0.2) is 8.78 Å². The van der Waals surface area contributed by atoms with Crippen LogP contribution in [0, 0.1) is 0 Å². The van der Waals surface area contributed by atoms with E-state index in [4.69, 9.17) is 5.11 Å². The van der Waals surface area contributed by atoms with Crippen LogP contribution >= 0.6 is 0 Å². The molecule has 0 bridgehead atoms. The molecule has 0 spiro atoms. The van der Waals surface area contributed by atoms with Gasteiger partial charge in [0, 0.05) is 0 Å². The van der Waals surface area contributed by atoms with Gasteiger partial charge in [0.15, 0.2) is 0 Å². The van der Waals surface area contributed by atoms with Gasteiger partial charge < -0.3 is 5.11 Å². The van der Waals surface area contributed by atoms with E-state index in [0.29, 0.717) is 11.6 Å². The van der Waals surface area contributed by atoms with Crippen molar-refractivity contribution in [1.29, 1.82) is 0 Å². The summed E-state index contributed by atoms with van der Waals surface area (Å²) in [5.74, 6) is -4.71. The van der Waals surface area contributed by atoms with Crippen molar-refractivity contribution in [2.45, 2.75) is 26.2 Å². The zero-order chi connectivity index (χ0) is 9.07. The van der Waals surface area contributed by atoms with Crippen molar-refractivity contribution in [3.63, 3.8) is 0 Å². The van der Waals surface area contributed by atoms with Gasteiger partial charge in [0.25, 0.3) is 5.92 Å². The zero-order valence-electron chi connectivity index (χ0n) is 6.40. The Hall–Kier alpha value is -0.930. The van der Waals surface area contributed by atoms with Crippen LogP contribution in [0.3, 0.4) is 0 Å². The first-order chi connectivity index (χ1) is 4.83. The van der Waals surface area contributed by atoms with Crippen molar-refractivity contribution in [2.75, 3.05) is 0 Å². The van der Waals surface area contributed by atoms with Crippen molar-refractivity contribution in [2.24, 2.45) is 0 Å². The molecule has 0 aromatic heterocycles. The fourth-order valence-electron chi connectivity index (χ4n) is 0.675. The van der Waals surface area contributed by atoms with E-state index in [1.54, 1.807) is 0 Å². The highest BCUT2D eigenvalue weighted by molar-refractivity contribution is 5.68. The molecule has 0 saturated heterocycles. The highest BCUT2D eigenvalue weighted by atomic mass is 19.3. The number of rotatable bonds is 3. The van der Waals surface area contributed by atoms with Gasteiger partial charge >= 0.3 is 5.97 Å². The maximum atomic E-state index is 12.5. The molecule has 0 radical (unpaired) electrons. The summed E-state index contributed by atoms with van der Waals surface area (Å²) in [6.07, 6.45) is -0.487. The van der Waals surface area contributed by atoms with Gasteiger partial charge in [-0.05, 0) is 19.9 Å². The molecule has 0 atom stereocenters. The van der Waals surface area contributed by atoms with E-state index >= 15 is 0 Å². The third kappa shape index (κ3) is 5.51. The Morgan fingerprint density at radius 3 is 2.27 bits per heavy atom. The van der Waals surface area contributed by atoms with E-state index in [2.05, 4.69) is 0 Å². The van der Waals surface area contributed by atoms with Gasteiger partial charge in [-0.3, -0.25) is 4.79 Å². The molecule has 64 valence electrons. The predicted octanol–water partition coefficient (Wildman–Crippen LogP) is 2.06. The summed E-state index contributed by atoms with van der Waals surface area (Å²) in [5.41, 5.74) is 0.413. The highest BCUT2D eigenvalue weighted by Crippen LogP contribution is 2.21. The summed E-state index contributed by atoms with van der Waals surface area (Å²) < 4.78 is 24.9. The summed E-state index contributed by atoms with van der Waals surface area (Å²) >= 11 is 0. The van der Waals surface area contributed by atoms with Crippen molar-refractivity contribution in [3.05, 3.63) is 11.6 Å². The molecule has 1 N–H and O–H groups in total. The summed E-state index contributed by atoms with van der Waals surface area (Å²) in [6.45, 7) is 2.99. The Bertz CT molecular complexity index is 181. The second-order valence-electron chi connectivity index (χ2n) is 2.55. The van der Waals surface area contributed by atoms with Gasteiger partial charge in [0.1, 0.15) is 6.42 Å². The second-order valence-corrected chi connectivity index (χ2v) is 2.55. The minimum absolute atomic E-state index is 0.413. The van der Waals surface area contributed by atoms with Crippen molar-refractivity contribution in [1.82, 2.24) is 0 Å². The fourth-order valence-corrected chi connectivity index (χ4v) is 0.675. The molecule has 4 heteroatoms. The number of alkyl halides is 2. The molecule has 0 aromatic carbocycles. The number of halogens is 2. The number of hydrogen-bond donors (Lipinski definition) is 1. The van der Waals surface area contributed by atoms with Crippen LogP contribution in [0.4, 0.5) is 8.78 Å². The van der Waals surface area contributed by atoms with Crippen LogP contribution in [0.5, 0.6) is 0 Å². The molecular weight excluding hydrogens is 154 g/mol. The monoisotopic (exact) mass is 164 g/mol. The lowest BCUT2D eigenvalue weighted by Crippen LogP contribution is -2.18. The molecule has 0 rings (SSSR count). The molecule has 0 heterocycles. The molecule has 0 amide bonds. The molecule has 11 heavy (non-hydrogen) atoms. The summed E-state index contributed by atoms with van der Waals surface area (Å²) in [5, 5.41) is 8.05. The quantitative estimate of drug-likeness (QED) is 0.648. The number of carboxylic acids is 1. The Balaban J connectivity index is 4.22. The van der Waals surface area contributed by atoms with E-state index < -0.39 is 18.3 Å². The first-order valence-electron chi connectivity index (χ1n) is 3.09. The molecule has 2 nitrogen and oxygen atoms in total. The number of hydrogen-bond acceptors (Lipinski definition) is 1. The normalized spacial score (nSPS) is 10.9. The molecule has 0 aromatic rings. The number of carbonyl (C=O) groups is 1. The van der Waals surface area contributed by atoms with E-state index in [0.717, 1.165) is 0 Å². The summed E-state index contributed by atoms with van der Waals surface area (Å²) in [6, 6.07) is 0. The van der Waals surface area contributed by atoms with Gasteiger partial charge in [-0.2, -0.15) is 0 Å². The van der Waals surface area contributed by atoms with Gasteiger partial charge in [-0.15, -0.1) is 0 Å². The van der Waals surface area contributed by atoms with Crippen LogP contribution in [0.1, 0.15) is 20.3 Å². The van der Waals surface area contributed by atoms with E-state index in [1.807, 2.05) is 0 Å². The minimum atomic E-state index is -3.22. The number of aliphatic carboxylic acids is 1. The van der Waals surface area contributed by atoms with Crippen LogP contribution in [0.15, 0.2) is 11.6 Å². The highest BCUT2D eigenvalue weighted by Gasteiger charge is 2.28. The largest absolute Gasteiger partial charge is 0.481 e.